The van der Waals surface area contributed by atoms with Gasteiger partial charge in [-0.25, -0.2) is 4.79 Å². The van der Waals surface area contributed by atoms with Crippen molar-refractivity contribution in [2.75, 3.05) is 31.2 Å². The zero-order valence-corrected chi connectivity index (χ0v) is 14.8. The highest BCUT2D eigenvalue weighted by Crippen LogP contribution is 2.32. The second-order valence-corrected chi connectivity index (χ2v) is 7.18. The lowest BCUT2D eigenvalue weighted by Gasteiger charge is -2.20. The van der Waals surface area contributed by atoms with Crippen LogP contribution in [0.5, 0.6) is 5.75 Å². The third-order valence-electron chi connectivity index (χ3n) is 4.46. The predicted octanol–water partition coefficient (Wildman–Crippen LogP) is 3.68. The molecule has 2 fully saturated rings. The quantitative estimate of drug-likeness (QED) is 0.765. The molecule has 2 aliphatic rings. The number of benzene rings is 1. The van der Waals surface area contributed by atoms with Gasteiger partial charge in [0.2, 0.25) is 0 Å². The van der Waals surface area contributed by atoms with Crippen molar-refractivity contribution in [2.24, 2.45) is 5.92 Å². The molecule has 0 saturated carbocycles. The largest absolute Gasteiger partial charge is 0.484 e. The van der Waals surface area contributed by atoms with Crippen LogP contribution in [0.25, 0.3) is 0 Å². The van der Waals surface area contributed by atoms with Crippen molar-refractivity contribution in [3.63, 3.8) is 0 Å². The Labute approximate surface area is 150 Å². The molecule has 0 N–H and O–H groups in total. The molecule has 5 nitrogen and oxygen atoms in total. The Morgan fingerprint density at radius 1 is 1.19 bits per heavy atom. The Morgan fingerprint density at radius 3 is 2.46 bits per heavy atom. The molecule has 1 aromatic rings. The summed E-state index contributed by atoms with van der Waals surface area (Å²) in [6.07, 6.45) is -3.49. The van der Waals surface area contributed by atoms with E-state index in [9.17, 15) is 18.0 Å². The predicted molar refractivity (Wildman–Crippen MR) is 90.4 cm³/mol. The van der Waals surface area contributed by atoms with Gasteiger partial charge in [-0.05, 0) is 36.6 Å². The number of carbonyl (C=O) groups is 1. The molecule has 1 aromatic carbocycles. The Bertz CT molecular complexity index is 634. The van der Waals surface area contributed by atoms with Crippen molar-refractivity contribution in [2.45, 2.75) is 38.6 Å². The standard InChI is InChI=1S/C18H23F3N2O3/c1-12(2)10-25-16-7-14-8-22(17(24)23(14)9-16)13-3-5-15(6-4-13)26-11-18(19,20)21/h3-6,12,14,16H,7-11H2,1-2H3/t14-,16+/m1/s1. The number of fused-ring (bicyclic) bond motifs is 1. The number of alkyl halides is 3. The smallest absolute Gasteiger partial charge is 0.422 e. The van der Waals surface area contributed by atoms with E-state index in [1.807, 2.05) is 4.90 Å². The minimum atomic E-state index is -4.37. The van der Waals surface area contributed by atoms with Crippen LogP contribution < -0.4 is 9.64 Å². The van der Waals surface area contributed by atoms with Gasteiger partial charge in [-0.15, -0.1) is 0 Å². The van der Waals surface area contributed by atoms with Crippen molar-refractivity contribution in [3.8, 4) is 5.75 Å². The fraction of sp³-hybridized carbons (Fsp3) is 0.611. The molecule has 2 saturated heterocycles. The highest BCUT2D eigenvalue weighted by atomic mass is 19.4. The van der Waals surface area contributed by atoms with Gasteiger partial charge in [-0.1, -0.05) is 13.8 Å². The summed E-state index contributed by atoms with van der Waals surface area (Å²) in [7, 11) is 0. The van der Waals surface area contributed by atoms with Gasteiger partial charge >= 0.3 is 12.2 Å². The first kappa shape index (κ1) is 18.8. The molecule has 2 amide bonds. The second-order valence-electron chi connectivity index (χ2n) is 7.18. The van der Waals surface area contributed by atoms with Crippen molar-refractivity contribution < 1.29 is 27.4 Å². The molecule has 0 aliphatic carbocycles. The van der Waals surface area contributed by atoms with Gasteiger partial charge in [0.25, 0.3) is 0 Å². The van der Waals surface area contributed by atoms with Crippen LogP contribution in [0.4, 0.5) is 23.7 Å². The SMILES string of the molecule is CC(C)CO[C@H]1C[C@@H]2CN(c3ccc(OCC(F)(F)F)cc3)C(=O)N2C1. The molecule has 0 aromatic heterocycles. The van der Waals surface area contributed by atoms with E-state index >= 15 is 0 Å². The molecule has 0 bridgehead atoms. The maximum atomic E-state index is 12.6. The number of nitrogens with zero attached hydrogens (tertiary/aromatic N) is 2. The van der Waals surface area contributed by atoms with Crippen molar-refractivity contribution in [3.05, 3.63) is 24.3 Å². The van der Waals surface area contributed by atoms with Crippen LogP contribution >= 0.6 is 0 Å². The number of anilines is 1. The van der Waals surface area contributed by atoms with Gasteiger partial charge < -0.3 is 14.4 Å². The molecular weight excluding hydrogens is 349 g/mol. The summed E-state index contributed by atoms with van der Waals surface area (Å²) in [5.41, 5.74) is 0.656. The molecule has 0 spiro atoms. The first-order valence-electron chi connectivity index (χ1n) is 8.72. The highest BCUT2D eigenvalue weighted by Gasteiger charge is 2.44. The summed E-state index contributed by atoms with van der Waals surface area (Å²) in [6.45, 7) is 4.67. The average Bonchev–Trinajstić information content (AvgIpc) is 3.10. The Kier molecular flexibility index (Phi) is 5.32. The van der Waals surface area contributed by atoms with E-state index in [0.29, 0.717) is 31.3 Å². The number of hydrogen-bond acceptors (Lipinski definition) is 3. The van der Waals surface area contributed by atoms with E-state index in [2.05, 4.69) is 13.8 Å². The van der Waals surface area contributed by atoms with Crippen LogP contribution in [0, 0.1) is 5.92 Å². The van der Waals surface area contributed by atoms with Crippen LogP contribution in [0.15, 0.2) is 24.3 Å². The fourth-order valence-electron chi connectivity index (χ4n) is 3.28. The minimum absolute atomic E-state index is 0.0756. The summed E-state index contributed by atoms with van der Waals surface area (Å²) in [5, 5.41) is 0. The lowest BCUT2D eigenvalue weighted by molar-refractivity contribution is -0.153. The fourth-order valence-corrected chi connectivity index (χ4v) is 3.28. The third-order valence-corrected chi connectivity index (χ3v) is 4.46. The van der Waals surface area contributed by atoms with Gasteiger partial charge in [-0.2, -0.15) is 13.2 Å². The van der Waals surface area contributed by atoms with E-state index in [4.69, 9.17) is 9.47 Å². The molecular formula is C18H23F3N2O3. The summed E-state index contributed by atoms with van der Waals surface area (Å²) in [4.78, 5) is 16.1. The number of amides is 2. The van der Waals surface area contributed by atoms with E-state index in [1.165, 1.54) is 12.1 Å². The van der Waals surface area contributed by atoms with Crippen LogP contribution in [0.2, 0.25) is 0 Å². The number of ether oxygens (including phenoxy) is 2. The maximum absolute atomic E-state index is 12.6. The number of hydrogen-bond donors (Lipinski definition) is 0. The highest BCUT2D eigenvalue weighted by molar-refractivity contribution is 5.95. The van der Waals surface area contributed by atoms with E-state index in [0.717, 1.165) is 6.42 Å². The van der Waals surface area contributed by atoms with Gasteiger partial charge in [0, 0.05) is 25.4 Å². The summed E-state index contributed by atoms with van der Waals surface area (Å²) < 4.78 is 47.1. The van der Waals surface area contributed by atoms with Crippen LogP contribution in [-0.4, -0.2) is 55.6 Å². The average molecular weight is 372 g/mol. The van der Waals surface area contributed by atoms with Gasteiger partial charge in [0.05, 0.1) is 12.1 Å². The van der Waals surface area contributed by atoms with Crippen molar-refractivity contribution in [1.82, 2.24) is 4.90 Å². The topological polar surface area (TPSA) is 42.0 Å². The van der Waals surface area contributed by atoms with E-state index in [-0.39, 0.29) is 23.9 Å². The summed E-state index contributed by atoms with van der Waals surface area (Å²) >= 11 is 0. The molecule has 2 aliphatic heterocycles. The molecule has 0 unspecified atom stereocenters. The normalized spacial score (nSPS) is 23.1. The summed E-state index contributed by atoms with van der Waals surface area (Å²) in [5.74, 6) is 0.580. The number of carbonyl (C=O) groups excluding carboxylic acids is 1. The number of halogens is 3. The van der Waals surface area contributed by atoms with E-state index in [1.54, 1.807) is 17.0 Å². The van der Waals surface area contributed by atoms with Crippen molar-refractivity contribution >= 4 is 11.7 Å². The molecule has 8 heteroatoms. The minimum Gasteiger partial charge on any atom is -0.484 e. The molecule has 2 atom stereocenters. The maximum Gasteiger partial charge on any atom is 0.422 e. The molecule has 0 radical (unpaired) electrons. The lowest BCUT2D eigenvalue weighted by atomic mass is 10.2. The monoisotopic (exact) mass is 372 g/mol. The molecule has 2 heterocycles. The first-order chi connectivity index (χ1) is 12.2. The van der Waals surface area contributed by atoms with Gasteiger partial charge in [0.1, 0.15) is 5.75 Å². The Hall–Kier alpha value is -1.96. The third kappa shape index (κ3) is 4.41. The number of urea groups is 1. The van der Waals surface area contributed by atoms with E-state index < -0.39 is 12.8 Å². The summed E-state index contributed by atoms with van der Waals surface area (Å²) in [6, 6.07) is 6.14. The molecule has 26 heavy (non-hydrogen) atoms. The van der Waals surface area contributed by atoms with Crippen LogP contribution in [-0.2, 0) is 4.74 Å². The molecule has 144 valence electrons. The molecule has 3 rings (SSSR count). The second kappa shape index (κ2) is 7.34. The van der Waals surface area contributed by atoms with Crippen LogP contribution in [0.3, 0.4) is 0 Å². The van der Waals surface area contributed by atoms with Gasteiger partial charge in [0.15, 0.2) is 6.61 Å². The first-order valence-corrected chi connectivity index (χ1v) is 8.72. The van der Waals surface area contributed by atoms with Crippen LogP contribution in [0.1, 0.15) is 20.3 Å². The zero-order valence-electron chi connectivity index (χ0n) is 14.8. The lowest BCUT2D eigenvalue weighted by Crippen LogP contribution is -2.34. The zero-order chi connectivity index (χ0) is 18.9. The Balaban J connectivity index is 1.56. The van der Waals surface area contributed by atoms with Crippen molar-refractivity contribution in [1.29, 1.82) is 0 Å². The van der Waals surface area contributed by atoms with Gasteiger partial charge in [-0.3, -0.25) is 4.90 Å². The number of rotatable bonds is 6. The Morgan fingerprint density at radius 2 is 1.88 bits per heavy atom.